The second-order valence-electron chi connectivity index (χ2n) is 5.10. The van der Waals surface area contributed by atoms with Gasteiger partial charge in [0.15, 0.2) is 0 Å². The second kappa shape index (κ2) is 6.49. The lowest BCUT2D eigenvalue weighted by Gasteiger charge is -2.47. The van der Waals surface area contributed by atoms with E-state index in [1.54, 1.807) is 0 Å². The van der Waals surface area contributed by atoms with E-state index in [1.165, 1.54) is 45.1 Å². The predicted molar refractivity (Wildman–Crippen MR) is 65.1 cm³/mol. The highest BCUT2D eigenvalue weighted by Crippen LogP contribution is 2.26. The van der Waals surface area contributed by atoms with Crippen molar-refractivity contribution in [1.82, 2.24) is 4.90 Å². The Morgan fingerprint density at radius 1 is 1.00 bits per heavy atom. The highest BCUT2D eigenvalue weighted by Gasteiger charge is 2.39. The molecule has 1 aliphatic rings. The highest BCUT2D eigenvalue weighted by molar-refractivity contribution is 4.94. The van der Waals surface area contributed by atoms with Gasteiger partial charge >= 0.3 is 0 Å². The maximum atomic E-state index is 10.1. The third-order valence-corrected chi connectivity index (χ3v) is 3.36. The SMILES string of the molecule is CCCCCN1CC(O)(CCCCC)C1. The molecule has 0 aromatic carbocycles. The van der Waals surface area contributed by atoms with Gasteiger partial charge in [-0.3, -0.25) is 4.90 Å². The lowest BCUT2D eigenvalue weighted by atomic mass is 9.88. The smallest absolute Gasteiger partial charge is 0.0900 e. The Balaban J connectivity index is 2.01. The molecule has 90 valence electrons. The molecule has 0 aromatic rings. The summed E-state index contributed by atoms with van der Waals surface area (Å²) < 4.78 is 0. The van der Waals surface area contributed by atoms with Crippen molar-refractivity contribution in [2.24, 2.45) is 0 Å². The first kappa shape index (κ1) is 13.0. The van der Waals surface area contributed by atoms with Crippen molar-refractivity contribution in [3.8, 4) is 0 Å². The molecule has 1 heterocycles. The minimum absolute atomic E-state index is 0.332. The molecule has 1 rings (SSSR count). The van der Waals surface area contributed by atoms with E-state index in [1.807, 2.05) is 0 Å². The van der Waals surface area contributed by atoms with E-state index in [-0.39, 0.29) is 5.60 Å². The van der Waals surface area contributed by atoms with Gasteiger partial charge in [0, 0.05) is 13.1 Å². The summed E-state index contributed by atoms with van der Waals surface area (Å²) in [6, 6.07) is 0. The number of β-amino-alcohol motifs (C(OH)–C–C–N with tert-alkyl or cyclic N) is 1. The summed E-state index contributed by atoms with van der Waals surface area (Å²) in [7, 11) is 0. The summed E-state index contributed by atoms with van der Waals surface area (Å²) in [5, 5.41) is 10.1. The summed E-state index contributed by atoms with van der Waals surface area (Å²) in [4.78, 5) is 2.39. The molecule has 0 aromatic heterocycles. The molecule has 0 spiro atoms. The monoisotopic (exact) mass is 213 g/mol. The van der Waals surface area contributed by atoms with Crippen LogP contribution in [0.5, 0.6) is 0 Å². The maximum Gasteiger partial charge on any atom is 0.0900 e. The van der Waals surface area contributed by atoms with E-state index in [4.69, 9.17) is 0 Å². The van der Waals surface area contributed by atoms with E-state index < -0.39 is 0 Å². The van der Waals surface area contributed by atoms with E-state index >= 15 is 0 Å². The third kappa shape index (κ3) is 4.52. The Bertz CT molecular complexity index is 164. The van der Waals surface area contributed by atoms with Crippen LogP contribution in [0.15, 0.2) is 0 Å². The largest absolute Gasteiger partial charge is 0.387 e. The van der Waals surface area contributed by atoms with Crippen LogP contribution in [0.25, 0.3) is 0 Å². The fourth-order valence-corrected chi connectivity index (χ4v) is 2.39. The molecule has 1 fully saturated rings. The van der Waals surface area contributed by atoms with Crippen molar-refractivity contribution in [3.05, 3.63) is 0 Å². The molecule has 2 nitrogen and oxygen atoms in total. The first-order chi connectivity index (χ1) is 7.20. The van der Waals surface area contributed by atoms with Crippen LogP contribution in [0.2, 0.25) is 0 Å². The average Bonchev–Trinajstić information content (AvgIpc) is 2.16. The maximum absolute atomic E-state index is 10.1. The quantitative estimate of drug-likeness (QED) is 0.627. The van der Waals surface area contributed by atoms with Gasteiger partial charge in [0.1, 0.15) is 0 Å². The van der Waals surface area contributed by atoms with Crippen LogP contribution in [0.1, 0.15) is 58.8 Å². The van der Waals surface area contributed by atoms with E-state index in [2.05, 4.69) is 18.7 Å². The van der Waals surface area contributed by atoms with E-state index in [0.717, 1.165) is 19.5 Å². The van der Waals surface area contributed by atoms with Crippen molar-refractivity contribution in [1.29, 1.82) is 0 Å². The molecule has 15 heavy (non-hydrogen) atoms. The molecule has 0 aliphatic carbocycles. The first-order valence-electron chi connectivity index (χ1n) is 6.65. The molecule has 1 saturated heterocycles. The fraction of sp³-hybridized carbons (Fsp3) is 1.00. The number of aliphatic hydroxyl groups is 1. The lowest BCUT2D eigenvalue weighted by Crippen LogP contribution is -2.61. The number of hydrogen-bond donors (Lipinski definition) is 1. The van der Waals surface area contributed by atoms with Crippen LogP contribution in [0.4, 0.5) is 0 Å². The molecule has 0 radical (unpaired) electrons. The van der Waals surface area contributed by atoms with Crippen LogP contribution in [0.3, 0.4) is 0 Å². The van der Waals surface area contributed by atoms with Crippen molar-refractivity contribution < 1.29 is 5.11 Å². The van der Waals surface area contributed by atoms with Crippen LogP contribution in [-0.2, 0) is 0 Å². The average molecular weight is 213 g/mol. The topological polar surface area (TPSA) is 23.5 Å². The summed E-state index contributed by atoms with van der Waals surface area (Å²) in [5.41, 5.74) is -0.332. The molecule has 0 atom stereocenters. The van der Waals surface area contributed by atoms with Gasteiger partial charge in [0.25, 0.3) is 0 Å². The van der Waals surface area contributed by atoms with Crippen molar-refractivity contribution in [3.63, 3.8) is 0 Å². The molecule has 0 bridgehead atoms. The van der Waals surface area contributed by atoms with E-state index in [9.17, 15) is 5.11 Å². The van der Waals surface area contributed by atoms with Gasteiger partial charge in [-0.1, -0.05) is 46.0 Å². The summed E-state index contributed by atoms with van der Waals surface area (Å²) in [6.45, 7) is 7.46. The normalized spacial score (nSPS) is 20.2. The molecule has 0 amide bonds. The summed E-state index contributed by atoms with van der Waals surface area (Å²) in [5.74, 6) is 0. The molecule has 0 saturated carbocycles. The zero-order chi connectivity index (χ0) is 11.1. The van der Waals surface area contributed by atoms with Crippen LogP contribution < -0.4 is 0 Å². The lowest BCUT2D eigenvalue weighted by molar-refractivity contribution is -0.104. The Morgan fingerprint density at radius 3 is 2.20 bits per heavy atom. The van der Waals surface area contributed by atoms with Gasteiger partial charge in [-0.2, -0.15) is 0 Å². The Morgan fingerprint density at radius 2 is 1.60 bits per heavy atom. The van der Waals surface area contributed by atoms with E-state index in [0.29, 0.717) is 0 Å². The highest BCUT2D eigenvalue weighted by atomic mass is 16.3. The number of hydrogen-bond acceptors (Lipinski definition) is 2. The zero-order valence-electron chi connectivity index (χ0n) is 10.5. The molecule has 2 heteroatoms. The minimum atomic E-state index is -0.332. The van der Waals surface area contributed by atoms with Gasteiger partial charge in [0.05, 0.1) is 5.60 Å². The second-order valence-corrected chi connectivity index (χ2v) is 5.10. The van der Waals surface area contributed by atoms with Crippen LogP contribution >= 0.6 is 0 Å². The molecule has 1 aliphatic heterocycles. The number of unbranched alkanes of at least 4 members (excludes halogenated alkanes) is 4. The Kier molecular flexibility index (Phi) is 5.62. The van der Waals surface area contributed by atoms with Gasteiger partial charge in [0.2, 0.25) is 0 Å². The van der Waals surface area contributed by atoms with Gasteiger partial charge in [-0.05, 0) is 19.4 Å². The molecule has 0 unspecified atom stereocenters. The summed E-state index contributed by atoms with van der Waals surface area (Å²) in [6.07, 6.45) is 8.61. The van der Waals surface area contributed by atoms with Crippen molar-refractivity contribution in [2.45, 2.75) is 64.4 Å². The van der Waals surface area contributed by atoms with Gasteiger partial charge in [-0.25, -0.2) is 0 Å². The van der Waals surface area contributed by atoms with Crippen LogP contribution in [0, 0.1) is 0 Å². The standard InChI is InChI=1S/C13H27NO/c1-3-5-7-9-13(15)11-14(12-13)10-8-6-4-2/h15H,3-12H2,1-2H3. The molecular weight excluding hydrogens is 186 g/mol. The first-order valence-corrected chi connectivity index (χ1v) is 6.65. The van der Waals surface area contributed by atoms with Gasteiger partial charge in [-0.15, -0.1) is 0 Å². The van der Waals surface area contributed by atoms with Crippen molar-refractivity contribution in [2.75, 3.05) is 19.6 Å². The molecular formula is C13H27NO. The predicted octanol–water partition coefficient (Wildman–Crippen LogP) is 2.80. The molecule has 1 N–H and O–H groups in total. The number of likely N-dealkylation sites (tertiary alicyclic amines) is 1. The van der Waals surface area contributed by atoms with Gasteiger partial charge < -0.3 is 5.11 Å². The Labute approximate surface area is 94.7 Å². The number of rotatable bonds is 8. The Hall–Kier alpha value is -0.0800. The summed E-state index contributed by atoms with van der Waals surface area (Å²) >= 11 is 0. The zero-order valence-corrected chi connectivity index (χ0v) is 10.5. The minimum Gasteiger partial charge on any atom is -0.387 e. The third-order valence-electron chi connectivity index (χ3n) is 3.36. The van der Waals surface area contributed by atoms with Crippen molar-refractivity contribution >= 4 is 0 Å². The van der Waals surface area contributed by atoms with Crippen LogP contribution in [-0.4, -0.2) is 35.2 Å². The fourth-order valence-electron chi connectivity index (χ4n) is 2.39. The number of nitrogens with zero attached hydrogens (tertiary/aromatic N) is 1.